The summed E-state index contributed by atoms with van der Waals surface area (Å²) < 4.78 is 5.66. The summed E-state index contributed by atoms with van der Waals surface area (Å²) in [5.41, 5.74) is 1.48. The summed E-state index contributed by atoms with van der Waals surface area (Å²) in [6.07, 6.45) is 11.1. The fourth-order valence-electron chi connectivity index (χ4n) is 4.48. The standard InChI is InChI=1S/C16H24N2O/c1-5-14(12-8-11-19-16(12)7-1)18-10-3-6-15(18)13-4-2-9-17-13/h8,11,13-15,17H,1-7,9-10H2. The molecule has 1 aromatic heterocycles. The fourth-order valence-corrected chi connectivity index (χ4v) is 4.48. The van der Waals surface area contributed by atoms with Crippen LogP contribution in [-0.2, 0) is 6.42 Å². The second-order valence-electron chi connectivity index (χ2n) is 6.36. The highest BCUT2D eigenvalue weighted by Crippen LogP contribution is 2.40. The molecule has 0 aromatic carbocycles. The molecule has 0 bridgehead atoms. The molecule has 0 amide bonds. The smallest absolute Gasteiger partial charge is 0.108 e. The van der Waals surface area contributed by atoms with Crippen molar-refractivity contribution >= 4 is 0 Å². The molecule has 0 radical (unpaired) electrons. The molecule has 3 heterocycles. The minimum atomic E-state index is 0.623. The van der Waals surface area contributed by atoms with Crippen molar-refractivity contribution in [3.63, 3.8) is 0 Å². The highest BCUT2D eigenvalue weighted by Gasteiger charge is 2.39. The number of rotatable bonds is 2. The van der Waals surface area contributed by atoms with Crippen molar-refractivity contribution < 1.29 is 4.42 Å². The van der Waals surface area contributed by atoms with Crippen LogP contribution in [0, 0.1) is 0 Å². The Hall–Kier alpha value is -0.800. The lowest BCUT2D eigenvalue weighted by molar-refractivity contribution is 0.136. The van der Waals surface area contributed by atoms with Gasteiger partial charge in [-0.25, -0.2) is 0 Å². The van der Waals surface area contributed by atoms with Gasteiger partial charge in [-0.3, -0.25) is 4.90 Å². The highest BCUT2D eigenvalue weighted by molar-refractivity contribution is 5.25. The summed E-state index contributed by atoms with van der Waals surface area (Å²) in [5.74, 6) is 1.25. The van der Waals surface area contributed by atoms with E-state index in [1.165, 1.54) is 62.9 Å². The zero-order valence-corrected chi connectivity index (χ0v) is 11.6. The first-order valence-corrected chi connectivity index (χ1v) is 7.99. The predicted molar refractivity (Wildman–Crippen MR) is 75.1 cm³/mol. The second-order valence-corrected chi connectivity index (χ2v) is 6.36. The first-order valence-electron chi connectivity index (χ1n) is 7.99. The largest absolute Gasteiger partial charge is 0.469 e. The molecule has 1 aromatic rings. The van der Waals surface area contributed by atoms with Crippen LogP contribution in [0.3, 0.4) is 0 Å². The topological polar surface area (TPSA) is 28.4 Å². The molecule has 2 aliphatic heterocycles. The van der Waals surface area contributed by atoms with Gasteiger partial charge in [-0.05, 0) is 57.7 Å². The third kappa shape index (κ3) is 2.03. The molecule has 3 atom stereocenters. The van der Waals surface area contributed by atoms with Crippen molar-refractivity contribution in [1.82, 2.24) is 10.2 Å². The van der Waals surface area contributed by atoms with Crippen LogP contribution in [0.4, 0.5) is 0 Å². The summed E-state index contributed by atoms with van der Waals surface area (Å²) in [4.78, 5) is 2.79. The molecule has 2 fully saturated rings. The number of furan rings is 1. The molecule has 3 heteroatoms. The summed E-state index contributed by atoms with van der Waals surface area (Å²) in [6.45, 7) is 2.49. The maximum Gasteiger partial charge on any atom is 0.108 e. The van der Waals surface area contributed by atoms with Gasteiger partial charge >= 0.3 is 0 Å². The molecule has 0 spiro atoms. The van der Waals surface area contributed by atoms with Gasteiger partial charge in [0, 0.05) is 30.1 Å². The van der Waals surface area contributed by atoms with Gasteiger partial charge in [0.05, 0.1) is 6.26 Å². The van der Waals surface area contributed by atoms with E-state index in [0.29, 0.717) is 6.04 Å². The normalized spacial score (nSPS) is 35.7. The van der Waals surface area contributed by atoms with Crippen LogP contribution in [0.15, 0.2) is 16.7 Å². The van der Waals surface area contributed by atoms with Crippen LogP contribution in [0.5, 0.6) is 0 Å². The van der Waals surface area contributed by atoms with Crippen molar-refractivity contribution in [3.8, 4) is 0 Å². The first-order chi connectivity index (χ1) is 9.43. The molecule has 3 unspecified atom stereocenters. The molecule has 0 saturated carbocycles. The number of nitrogens with one attached hydrogen (secondary N) is 1. The molecular formula is C16H24N2O. The van der Waals surface area contributed by atoms with Crippen molar-refractivity contribution in [2.24, 2.45) is 0 Å². The average Bonchev–Trinajstić information content (AvgIpc) is 3.18. The van der Waals surface area contributed by atoms with Crippen molar-refractivity contribution in [2.75, 3.05) is 13.1 Å². The van der Waals surface area contributed by atoms with Gasteiger partial charge in [0.2, 0.25) is 0 Å². The van der Waals surface area contributed by atoms with Crippen LogP contribution in [-0.4, -0.2) is 30.1 Å². The SMILES string of the molecule is c1cc2c(o1)CCCC2N1CCCC1C1CCCN1. The first kappa shape index (κ1) is 12.0. The maximum atomic E-state index is 5.66. The number of fused-ring (bicyclic) bond motifs is 1. The zero-order chi connectivity index (χ0) is 12.7. The quantitative estimate of drug-likeness (QED) is 0.886. The minimum absolute atomic E-state index is 0.623. The van der Waals surface area contributed by atoms with Crippen molar-refractivity contribution in [2.45, 2.75) is 63.1 Å². The van der Waals surface area contributed by atoms with Gasteiger partial charge in [-0.1, -0.05) is 0 Å². The van der Waals surface area contributed by atoms with Gasteiger partial charge in [0.1, 0.15) is 5.76 Å². The molecular weight excluding hydrogens is 236 g/mol. The van der Waals surface area contributed by atoms with Crippen molar-refractivity contribution in [1.29, 1.82) is 0 Å². The van der Waals surface area contributed by atoms with E-state index in [2.05, 4.69) is 16.3 Å². The van der Waals surface area contributed by atoms with Gasteiger partial charge in [0.25, 0.3) is 0 Å². The Kier molecular flexibility index (Phi) is 3.12. The molecule has 4 rings (SSSR count). The summed E-state index contributed by atoms with van der Waals surface area (Å²) in [7, 11) is 0. The summed E-state index contributed by atoms with van der Waals surface area (Å²) in [5, 5.41) is 3.72. The van der Waals surface area contributed by atoms with Crippen molar-refractivity contribution in [3.05, 3.63) is 23.7 Å². The number of hydrogen-bond donors (Lipinski definition) is 1. The predicted octanol–water partition coefficient (Wildman–Crippen LogP) is 2.87. The second kappa shape index (κ2) is 4.95. The van der Waals surface area contributed by atoms with Gasteiger partial charge in [-0.15, -0.1) is 0 Å². The molecule has 3 nitrogen and oxygen atoms in total. The zero-order valence-electron chi connectivity index (χ0n) is 11.6. The summed E-state index contributed by atoms with van der Waals surface area (Å²) >= 11 is 0. The van der Waals surface area contributed by atoms with Crippen LogP contribution in [0.25, 0.3) is 0 Å². The van der Waals surface area contributed by atoms with Crippen LogP contribution in [0.1, 0.15) is 55.9 Å². The van der Waals surface area contributed by atoms with Crippen LogP contribution < -0.4 is 5.32 Å². The third-order valence-electron chi connectivity index (χ3n) is 5.33. The number of aryl methyl sites for hydroxylation is 1. The fraction of sp³-hybridized carbons (Fsp3) is 0.750. The monoisotopic (exact) mass is 260 g/mol. The van der Waals surface area contributed by atoms with E-state index >= 15 is 0 Å². The third-order valence-corrected chi connectivity index (χ3v) is 5.33. The Morgan fingerprint density at radius 1 is 1.16 bits per heavy atom. The lowest BCUT2D eigenvalue weighted by atomic mass is 9.90. The van der Waals surface area contributed by atoms with Gasteiger partial charge in [-0.2, -0.15) is 0 Å². The van der Waals surface area contributed by atoms with Gasteiger partial charge < -0.3 is 9.73 Å². The Morgan fingerprint density at radius 2 is 2.16 bits per heavy atom. The highest BCUT2D eigenvalue weighted by atomic mass is 16.3. The Labute approximate surface area is 115 Å². The van der Waals surface area contributed by atoms with E-state index in [4.69, 9.17) is 4.42 Å². The van der Waals surface area contributed by atoms with Gasteiger partial charge in [0.15, 0.2) is 0 Å². The molecule has 19 heavy (non-hydrogen) atoms. The Balaban J connectivity index is 1.58. The average molecular weight is 260 g/mol. The van der Waals surface area contributed by atoms with Crippen LogP contribution >= 0.6 is 0 Å². The number of nitrogens with zero attached hydrogens (tertiary/aromatic N) is 1. The van der Waals surface area contributed by atoms with E-state index in [-0.39, 0.29) is 0 Å². The Morgan fingerprint density at radius 3 is 3.05 bits per heavy atom. The van der Waals surface area contributed by atoms with E-state index in [9.17, 15) is 0 Å². The Bertz CT molecular complexity index is 436. The minimum Gasteiger partial charge on any atom is -0.469 e. The van der Waals surface area contributed by atoms with E-state index in [1.54, 1.807) is 0 Å². The van der Waals surface area contributed by atoms with E-state index < -0.39 is 0 Å². The molecule has 3 aliphatic rings. The molecule has 1 N–H and O–H groups in total. The lowest BCUT2D eigenvalue weighted by Crippen LogP contribution is -2.45. The molecule has 104 valence electrons. The number of hydrogen-bond acceptors (Lipinski definition) is 3. The maximum absolute atomic E-state index is 5.66. The van der Waals surface area contributed by atoms with Crippen LogP contribution in [0.2, 0.25) is 0 Å². The molecule has 2 saturated heterocycles. The van der Waals surface area contributed by atoms with E-state index in [1.807, 2.05) is 6.26 Å². The summed E-state index contributed by atoms with van der Waals surface area (Å²) in [6, 6.07) is 4.34. The number of likely N-dealkylation sites (tertiary alicyclic amines) is 1. The lowest BCUT2D eigenvalue weighted by Gasteiger charge is -2.37. The van der Waals surface area contributed by atoms with E-state index in [0.717, 1.165) is 18.5 Å². The molecule has 1 aliphatic carbocycles.